The predicted molar refractivity (Wildman–Crippen MR) is 120 cm³/mol. The van der Waals surface area contributed by atoms with E-state index >= 15 is 0 Å². The van der Waals surface area contributed by atoms with Crippen LogP contribution in [0.15, 0.2) is 71.8 Å². The van der Waals surface area contributed by atoms with Crippen LogP contribution in [0.4, 0.5) is 24.5 Å². The third-order valence-electron chi connectivity index (χ3n) is 5.12. The first-order chi connectivity index (χ1) is 15.5. The number of benzene rings is 2. The number of ether oxygens (including phenoxy) is 1. The Morgan fingerprint density at radius 3 is 2.48 bits per heavy atom. The standard InChI is InChI=1S/C22H17ClF3N3O3S/c1-28(18-8-9-20(32-2)27-21(18)23)16-7-6-14-10-11-29(19(14)13-16)33(30,31)17-5-3-4-15(12-17)22(24,25)26/h3-13H,1-2H3. The maximum Gasteiger partial charge on any atom is 0.416 e. The van der Waals surface area contributed by atoms with Gasteiger partial charge in [0.05, 0.1) is 28.8 Å². The Labute approximate surface area is 192 Å². The molecule has 0 unspecified atom stereocenters. The number of alkyl halides is 3. The van der Waals surface area contributed by atoms with E-state index in [1.165, 1.54) is 13.3 Å². The highest BCUT2D eigenvalue weighted by Gasteiger charge is 2.32. The zero-order valence-electron chi connectivity index (χ0n) is 17.3. The van der Waals surface area contributed by atoms with E-state index in [-0.39, 0.29) is 5.15 Å². The van der Waals surface area contributed by atoms with Crippen LogP contribution in [0.5, 0.6) is 5.88 Å². The van der Waals surface area contributed by atoms with Gasteiger partial charge in [-0.05, 0) is 42.5 Å². The van der Waals surface area contributed by atoms with Gasteiger partial charge < -0.3 is 9.64 Å². The molecule has 0 saturated heterocycles. The Balaban J connectivity index is 1.79. The van der Waals surface area contributed by atoms with E-state index in [2.05, 4.69) is 4.98 Å². The van der Waals surface area contributed by atoms with Gasteiger partial charge in [0, 0.05) is 30.4 Å². The van der Waals surface area contributed by atoms with Crippen LogP contribution in [-0.2, 0) is 16.2 Å². The van der Waals surface area contributed by atoms with Gasteiger partial charge in [-0.1, -0.05) is 23.7 Å². The molecule has 0 amide bonds. The van der Waals surface area contributed by atoms with Crippen molar-refractivity contribution in [1.29, 1.82) is 0 Å². The number of halogens is 4. The van der Waals surface area contributed by atoms with Crippen molar-refractivity contribution in [2.24, 2.45) is 0 Å². The van der Waals surface area contributed by atoms with Crippen molar-refractivity contribution in [3.05, 3.63) is 77.6 Å². The maximum atomic E-state index is 13.2. The Hall–Kier alpha value is -3.24. The second-order valence-electron chi connectivity index (χ2n) is 7.11. The summed E-state index contributed by atoms with van der Waals surface area (Å²) in [6.07, 6.45) is -3.35. The first-order valence-corrected chi connectivity index (χ1v) is 11.3. The van der Waals surface area contributed by atoms with Crippen LogP contribution in [0.1, 0.15) is 5.56 Å². The molecule has 0 spiro atoms. The summed E-state index contributed by atoms with van der Waals surface area (Å²) in [5.41, 5.74) is 0.405. The summed E-state index contributed by atoms with van der Waals surface area (Å²) in [6, 6.07) is 13.7. The number of aromatic nitrogens is 2. The zero-order chi connectivity index (χ0) is 24.0. The molecule has 4 aromatic rings. The summed E-state index contributed by atoms with van der Waals surface area (Å²) in [6.45, 7) is 0. The van der Waals surface area contributed by atoms with Gasteiger partial charge in [-0.2, -0.15) is 18.2 Å². The summed E-state index contributed by atoms with van der Waals surface area (Å²) in [5.74, 6) is 0.341. The molecular formula is C22H17ClF3N3O3S. The molecule has 2 heterocycles. The average molecular weight is 496 g/mol. The minimum absolute atomic E-state index is 0.184. The van der Waals surface area contributed by atoms with Crippen molar-refractivity contribution in [1.82, 2.24) is 8.96 Å². The number of methoxy groups -OCH3 is 1. The third kappa shape index (κ3) is 4.23. The summed E-state index contributed by atoms with van der Waals surface area (Å²) in [4.78, 5) is 5.37. The van der Waals surface area contributed by atoms with Crippen LogP contribution in [0.2, 0.25) is 5.15 Å². The topological polar surface area (TPSA) is 64.4 Å². The molecule has 0 bridgehead atoms. The molecule has 4 rings (SSSR count). The molecule has 0 radical (unpaired) electrons. The lowest BCUT2D eigenvalue weighted by Gasteiger charge is -2.21. The molecule has 0 atom stereocenters. The largest absolute Gasteiger partial charge is 0.481 e. The van der Waals surface area contributed by atoms with Gasteiger partial charge in [0.1, 0.15) is 0 Å². The molecule has 172 valence electrons. The molecule has 0 aliphatic heterocycles. The van der Waals surface area contributed by atoms with Gasteiger partial charge >= 0.3 is 6.18 Å². The lowest BCUT2D eigenvalue weighted by Crippen LogP contribution is -2.14. The third-order valence-corrected chi connectivity index (χ3v) is 7.08. The van der Waals surface area contributed by atoms with Gasteiger partial charge in [0.2, 0.25) is 5.88 Å². The highest BCUT2D eigenvalue weighted by Crippen LogP contribution is 2.34. The van der Waals surface area contributed by atoms with E-state index in [0.717, 1.165) is 22.2 Å². The van der Waals surface area contributed by atoms with E-state index in [0.29, 0.717) is 34.2 Å². The second kappa shape index (κ2) is 8.27. The minimum atomic E-state index is -4.66. The van der Waals surface area contributed by atoms with Crippen LogP contribution in [0, 0.1) is 0 Å². The monoisotopic (exact) mass is 495 g/mol. The lowest BCUT2D eigenvalue weighted by molar-refractivity contribution is -0.137. The zero-order valence-corrected chi connectivity index (χ0v) is 18.9. The first-order valence-electron chi connectivity index (χ1n) is 9.50. The Morgan fingerprint density at radius 2 is 1.82 bits per heavy atom. The normalized spacial score (nSPS) is 12.2. The van der Waals surface area contributed by atoms with Gasteiger partial charge in [-0.15, -0.1) is 0 Å². The quantitative estimate of drug-likeness (QED) is 0.331. The van der Waals surface area contributed by atoms with Crippen molar-refractivity contribution in [3.63, 3.8) is 0 Å². The average Bonchev–Trinajstić information content (AvgIpc) is 3.22. The lowest BCUT2D eigenvalue weighted by atomic mass is 10.2. The second-order valence-corrected chi connectivity index (χ2v) is 9.28. The predicted octanol–water partition coefficient (Wildman–Crippen LogP) is 5.72. The maximum absolute atomic E-state index is 13.2. The van der Waals surface area contributed by atoms with E-state index in [1.807, 2.05) is 0 Å². The molecule has 0 saturated carbocycles. The smallest absolute Gasteiger partial charge is 0.416 e. The van der Waals surface area contributed by atoms with Crippen LogP contribution < -0.4 is 9.64 Å². The molecule has 0 aliphatic carbocycles. The summed E-state index contributed by atoms with van der Waals surface area (Å²) in [5, 5.41) is 0.783. The van der Waals surface area contributed by atoms with Crippen molar-refractivity contribution in [3.8, 4) is 5.88 Å². The number of nitrogens with zero attached hydrogens (tertiary/aromatic N) is 3. The van der Waals surface area contributed by atoms with Crippen molar-refractivity contribution < 1.29 is 26.3 Å². The molecule has 33 heavy (non-hydrogen) atoms. The SMILES string of the molecule is COc1ccc(N(C)c2ccc3ccn(S(=O)(=O)c4cccc(C(F)(F)F)c4)c3c2)c(Cl)n1. The highest BCUT2D eigenvalue weighted by atomic mass is 35.5. The van der Waals surface area contributed by atoms with Crippen LogP contribution in [0.3, 0.4) is 0 Å². The highest BCUT2D eigenvalue weighted by molar-refractivity contribution is 7.90. The fraction of sp³-hybridized carbons (Fsp3) is 0.136. The molecule has 0 N–H and O–H groups in total. The van der Waals surface area contributed by atoms with Crippen molar-refractivity contribution in [2.75, 3.05) is 19.1 Å². The summed E-state index contributed by atoms with van der Waals surface area (Å²) >= 11 is 6.26. The number of hydrogen-bond donors (Lipinski definition) is 0. The van der Waals surface area contributed by atoms with Crippen LogP contribution in [0.25, 0.3) is 10.9 Å². The van der Waals surface area contributed by atoms with Gasteiger partial charge in [-0.3, -0.25) is 0 Å². The number of fused-ring (bicyclic) bond motifs is 1. The molecule has 11 heteroatoms. The van der Waals surface area contributed by atoms with E-state index in [9.17, 15) is 21.6 Å². The number of rotatable bonds is 5. The number of anilines is 2. The fourth-order valence-corrected chi connectivity index (χ4v) is 5.03. The van der Waals surface area contributed by atoms with E-state index < -0.39 is 26.7 Å². The Morgan fingerprint density at radius 1 is 1.06 bits per heavy atom. The molecule has 0 aliphatic rings. The number of hydrogen-bond acceptors (Lipinski definition) is 5. The summed E-state index contributed by atoms with van der Waals surface area (Å²) < 4.78 is 71.7. The van der Waals surface area contributed by atoms with Crippen LogP contribution in [-0.4, -0.2) is 31.5 Å². The van der Waals surface area contributed by atoms with Gasteiger partial charge in [-0.25, -0.2) is 12.4 Å². The fourth-order valence-electron chi connectivity index (χ4n) is 3.37. The molecular weight excluding hydrogens is 479 g/mol. The van der Waals surface area contributed by atoms with E-state index in [4.69, 9.17) is 16.3 Å². The Bertz CT molecular complexity index is 1450. The van der Waals surface area contributed by atoms with Gasteiger partial charge in [0.25, 0.3) is 10.0 Å². The van der Waals surface area contributed by atoms with Crippen LogP contribution >= 0.6 is 11.6 Å². The first kappa shape index (κ1) is 22.9. The summed E-state index contributed by atoms with van der Waals surface area (Å²) in [7, 11) is -1.09. The molecule has 0 fully saturated rings. The van der Waals surface area contributed by atoms with Crippen molar-refractivity contribution in [2.45, 2.75) is 11.1 Å². The molecule has 2 aromatic carbocycles. The molecule has 2 aromatic heterocycles. The number of pyridine rings is 1. The van der Waals surface area contributed by atoms with Crippen molar-refractivity contribution >= 4 is 43.9 Å². The Kier molecular flexibility index (Phi) is 5.75. The van der Waals surface area contributed by atoms with Gasteiger partial charge in [0.15, 0.2) is 5.15 Å². The van der Waals surface area contributed by atoms with E-state index in [1.54, 1.807) is 48.3 Å². The molecule has 6 nitrogen and oxygen atoms in total. The minimum Gasteiger partial charge on any atom is -0.481 e.